The van der Waals surface area contributed by atoms with Gasteiger partial charge in [-0.2, -0.15) is 6.42 Å². The van der Waals surface area contributed by atoms with Crippen molar-refractivity contribution in [2.45, 2.75) is 19.8 Å². The van der Waals surface area contributed by atoms with Crippen LogP contribution in [0, 0.1) is 6.92 Å². The first kappa shape index (κ1) is 23.3. The molecule has 0 unspecified atom stereocenters. The number of para-hydroxylation sites is 1. The zero-order valence-corrected chi connectivity index (χ0v) is 15.0. The van der Waals surface area contributed by atoms with Gasteiger partial charge in [0.15, 0.2) is 0 Å². The van der Waals surface area contributed by atoms with Crippen molar-refractivity contribution in [2.24, 2.45) is 0 Å². The summed E-state index contributed by atoms with van der Waals surface area (Å²) in [6, 6.07) is 13.4. The van der Waals surface area contributed by atoms with E-state index in [9.17, 15) is 4.79 Å². The number of amides is 1. The van der Waals surface area contributed by atoms with Gasteiger partial charge in [-0.3, -0.25) is 4.79 Å². The Morgan fingerprint density at radius 1 is 1.20 bits per heavy atom. The van der Waals surface area contributed by atoms with Crippen LogP contribution in [0.3, 0.4) is 0 Å². The first-order valence-corrected chi connectivity index (χ1v) is 7.73. The van der Waals surface area contributed by atoms with Gasteiger partial charge in [0.1, 0.15) is 5.75 Å². The molecule has 2 aromatic rings. The molecule has 0 aliphatic heterocycles. The molecular weight excluding hydrogens is 312 g/mol. The second kappa shape index (κ2) is 12.6. The van der Waals surface area contributed by atoms with Crippen LogP contribution in [0.2, 0.25) is 0 Å². The van der Waals surface area contributed by atoms with Gasteiger partial charge in [0, 0.05) is 5.69 Å². The topological polar surface area (TPSA) is 78.8 Å². The zero-order chi connectivity index (χ0) is 17.9. The van der Waals surface area contributed by atoms with Crippen LogP contribution in [-0.2, 0) is 0 Å². The maximum absolute atomic E-state index is 12.2. The Balaban J connectivity index is 0.00000104. The van der Waals surface area contributed by atoms with Crippen molar-refractivity contribution >= 4 is 24.2 Å². The third-order valence-electron chi connectivity index (χ3n) is 3.15. The summed E-state index contributed by atoms with van der Waals surface area (Å²) in [6.07, 6.45) is 2.28. The molecule has 25 heavy (non-hydrogen) atoms. The molecule has 2 aromatic carbocycles. The Hall–Kier alpha value is -1.71. The van der Waals surface area contributed by atoms with Gasteiger partial charge in [0.25, 0.3) is 5.91 Å². The largest absolute Gasteiger partial charge is 1.00 e. The molecule has 3 N–H and O–H groups in total. The van der Waals surface area contributed by atoms with E-state index in [2.05, 4.69) is 19.2 Å². The SMILES string of the molecule is COc1cc(B(O)O)ccc1C(=O)Nc1ccccc1.[CH2-]CCC.[Li+]. The second-order valence-corrected chi connectivity index (χ2v) is 5.01. The molecule has 0 fully saturated rings. The fourth-order valence-corrected chi connectivity index (χ4v) is 1.78. The van der Waals surface area contributed by atoms with Crippen molar-refractivity contribution in [3.63, 3.8) is 0 Å². The Morgan fingerprint density at radius 2 is 1.80 bits per heavy atom. The number of unbranched alkanes of at least 4 members (excludes halogenated alkanes) is 1. The number of hydrogen-bond acceptors (Lipinski definition) is 4. The van der Waals surface area contributed by atoms with Crippen LogP contribution in [0.5, 0.6) is 5.75 Å². The molecule has 2 rings (SSSR count). The minimum absolute atomic E-state index is 0. The maximum Gasteiger partial charge on any atom is 1.00 e. The molecule has 0 spiro atoms. The molecule has 0 saturated carbocycles. The molecule has 0 radical (unpaired) electrons. The Kier molecular flexibility index (Phi) is 11.8. The molecule has 0 bridgehead atoms. The fraction of sp³-hybridized carbons (Fsp3) is 0.222. The number of ether oxygens (including phenoxy) is 1. The molecule has 0 atom stereocenters. The number of hydrogen-bond donors (Lipinski definition) is 3. The van der Waals surface area contributed by atoms with Crippen LogP contribution in [0.25, 0.3) is 0 Å². The predicted molar refractivity (Wildman–Crippen MR) is 97.5 cm³/mol. The maximum atomic E-state index is 12.2. The van der Waals surface area contributed by atoms with E-state index in [1.54, 1.807) is 12.1 Å². The third-order valence-corrected chi connectivity index (χ3v) is 3.15. The van der Waals surface area contributed by atoms with E-state index in [0.29, 0.717) is 11.3 Å². The van der Waals surface area contributed by atoms with E-state index in [1.165, 1.54) is 31.7 Å². The molecule has 128 valence electrons. The van der Waals surface area contributed by atoms with Gasteiger partial charge in [-0.05, 0) is 29.7 Å². The van der Waals surface area contributed by atoms with E-state index in [4.69, 9.17) is 14.8 Å². The van der Waals surface area contributed by atoms with Crippen LogP contribution in [0.1, 0.15) is 30.1 Å². The molecule has 0 aromatic heterocycles. The van der Waals surface area contributed by atoms with Gasteiger partial charge >= 0.3 is 26.0 Å². The van der Waals surface area contributed by atoms with Gasteiger partial charge in [-0.15, -0.1) is 0 Å². The summed E-state index contributed by atoms with van der Waals surface area (Å²) in [6.45, 7) is 5.72. The number of carbonyl (C=O) groups excluding carboxylic acids is 1. The van der Waals surface area contributed by atoms with Crippen LogP contribution in [-0.4, -0.2) is 30.2 Å². The van der Waals surface area contributed by atoms with Crippen molar-refractivity contribution in [3.05, 3.63) is 61.0 Å². The summed E-state index contributed by atoms with van der Waals surface area (Å²) in [7, 11) is -0.183. The Labute approximate surface area is 161 Å². The van der Waals surface area contributed by atoms with E-state index in [-0.39, 0.29) is 36.0 Å². The van der Waals surface area contributed by atoms with Gasteiger partial charge in [0.2, 0.25) is 0 Å². The Morgan fingerprint density at radius 3 is 2.28 bits per heavy atom. The summed E-state index contributed by atoms with van der Waals surface area (Å²) in [5.41, 5.74) is 1.25. The summed E-state index contributed by atoms with van der Waals surface area (Å²) < 4.78 is 5.11. The van der Waals surface area contributed by atoms with E-state index in [0.717, 1.165) is 6.42 Å². The van der Waals surface area contributed by atoms with Crippen LogP contribution < -0.4 is 34.4 Å². The Bertz CT molecular complexity index is 636. The van der Waals surface area contributed by atoms with Crippen molar-refractivity contribution in [3.8, 4) is 5.75 Å². The summed E-state index contributed by atoms with van der Waals surface area (Å²) in [4.78, 5) is 12.2. The normalized spacial score (nSPS) is 9.16. The first-order valence-electron chi connectivity index (χ1n) is 7.73. The molecule has 5 nitrogen and oxygen atoms in total. The average molecular weight is 335 g/mol. The van der Waals surface area contributed by atoms with Gasteiger partial charge in [-0.1, -0.05) is 37.6 Å². The molecule has 0 aliphatic rings. The summed E-state index contributed by atoms with van der Waals surface area (Å²) >= 11 is 0. The summed E-state index contributed by atoms with van der Waals surface area (Å²) in [5, 5.41) is 21.0. The van der Waals surface area contributed by atoms with Crippen LogP contribution in [0.15, 0.2) is 48.5 Å². The van der Waals surface area contributed by atoms with Gasteiger partial charge in [-0.25, -0.2) is 0 Å². The third kappa shape index (κ3) is 7.81. The number of nitrogens with one attached hydrogen (secondary N) is 1. The van der Waals surface area contributed by atoms with Crippen molar-refractivity contribution in [1.82, 2.24) is 0 Å². The number of benzene rings is 2. The van der Waals surface area contributed by atoms with Crippen LogP contribution >= 0.6 is 0 Å². The second-order valence-electron chi connectivity index (χ2n) is 5.01. The van der Waals surface area contributed by atoms with Gasteiger partial charge < -0.3 is 27.0 Å². The zero-order valence-electron chi connectivity index (χ0n) is 15.0. The molecule has 0 saturated heterocycles. The van der Waals surface area contributed by atoms with Crippen molar-refractivity contribution < 1.29 is 38.4 Å². The number of anilines is 1. The number of rotatable bonds is 5. The molecule has 0 aliphatic carbocycles. The monoisotopic (exact) mass is 335 g/mol. The number of carbonyl (C=O) groups is 1. The molecule has 7 heteroatoms. The predicted octanol–water partition coefficient (Wildman–Crippen LogP) is -0.748. The quantitative estimate of drug-likeness (QED) is 0.496. The average Bonchev–Trinajstić information content (AvgIpc) is 2.62. The first-order chi connectivity index (χ1) is 11.5. The minimum Gasteiger partial charge on any atom is -0.496 e. The smallest absolute Gasteiger partial charge is 0.496 e. The van der Waals surface area contributed by atoms with Crippen LogP contribution in [0.4, 0.5) is 5.69 Å². The van der Waals surface area contributed by atoms with Crippen molar-refractivity contribution in [2.75, 3.05) is 12.4 Å². The van der Waals surface area contributed by atoms with E-state index in [1.807, 2.05) is 18.2 Å². The van der Waals surface area contributed by atoms with E-state index < -0.39 is 7.12 Å². The summed E-state index contributed by atoms with van der Waals surface area (Å²) in [5.74, 6) is -0.0453. The number of methoxy groups -OCH3 is 1. The fourth-order valence-electron chi connectivity index (χ4n) is 1.78. The van der Waals surface area contributed by atoms with Gasteiger partial charge in [0.05, 0.1) is 12.7 Å². The molecule has 0 heterocycles. The van der Waals surface area contributed by atoms with Crippen molar-refractivity contribution in [1.29, 1.82) is 0 Å². The minimum atomic E-state index is -1.60. The molecule has 1 amide bonds. The standard InChI is InChI=1S/C14H14BNO4.C4H9.Li/c1-20-13-9-10(15(18)19)7-8-12(13)14(17)16-11-5-3-2-4-6-11;1-3-4-2;/h2-9,18-19H,1H3,(H,16,17);1,3-4H2,2H3;/q;-1;+1. The molecular formula is C18H23BLiNO4. The van der Waals surface area contributed by atoms with E-state index >= 15 is 0 Å².